The molecule has 0 spiro atoms. The Kier molecular flexibility index (Phi) is 4.97. The van der Waals surface area contributed by atoms with Crippen LogP contribution < -0.4 is 4.74 Å². The van der Waals surface area contributed by atoms with Crippen LogP contribution in [-0.4, -0.2) is 42.2 Å². The van der Waals surface area contributed by atoms with E-state index in [9.17, 15) is 32.1 Å². The van der Waals surface area contributed by atoms with Crippen molar-refractivity contribution in [3.8, 4) is 5.75 Å². The van der Waals surface area contributed by atoms with Crippen molar-refractivity contribution in [2.45, 2.75) is 31.0 Å². The number of hydrogen-bond acceptors (Lipinski definition) is 4. The molecule has 1 fully saturated rings. The number of likely N-dealkylation sites (tertiary alicyclic amines) is 1. The molecule has 10 heteroatoms. The van der Waals surface area contributed by atoms with Crippen LogP contribution >= 0.6 is 0 Å². The number of nitro benzene ring substituents is 1. The Bertz CT molecular complexity index is 621. The predicted octanol–water partition coefficient (Wildman–Crippen LogP) is 3.72. The van der Waals surface area contributed by atoms with Gasteiger partial charge in [0.25, 0.3) is 5.69 Å². The van der Waals surface area contributed by atoms with Gasteiger partial charge in [0.1, 0.15) is 12.4 Å². The van der Waals surface area contributed by atoms with Crippen LogP contribution in [0.4, 0.5) is 27.6 Å². The van der Waals surface area contributed by atoms with Crippen molar-refractivity contribution >= 4 is 5.69 Å². The number of ether oxygens (including phenoxy) is 1. The Hall–Kier alpha value is -1.97. The summed E-state index contributed by atoms with van der Waals surface area (Å²) in [6, 6.07) is 1.45. The molecule has 1 atom stereocenters. The summed E-state index contributed by atoms with van der Waals surface area (Å²) >= 11 is 0. The van der Waals surface area contributed by atoms with Gasteiger partial charge in [-0.05, 0) is 32.5 Å². The van der Waals surface area contributed by atoms with Gasteiger partial charge in [0.2, 0.25) is 0 Å². The average Bonchev–Trinajstić information content (AvgIpc) is 2.88. The minimum Gasteiger partial charge on any atom is -0.491 e. The number of rotatable bonds is 5. The van der Waals surface area contributed by atoms with Crippen LogP contribution in [0.1, 0.15) is 18.4 Å². The van der Waals surface area contributed by atoms with Crippen LogP contribution in [0.2, 0.25) is 0 Å². The van der Waals surface area contributed by atoms with E-state index < -0.39 is 34.0 Å². The molecule has 0 bridgehead atoms. The van der Waals surface area contributed by atoms with Crippen molar-refractivity contribution in [3.05, 3.63) is 33.9 Å². The lowest BCUT2D eigenvalue weighted by atomic mass is 10.1. The van der Waals surface area contributed by atoms with Crippen molar-refractivity contribution in [2.24, 2.45) is 0 Å². The molecular formula is C14H15F5N2O3. The molecule has 24 heavy (non-hydrogen) atoms. The summed E-state index contributed by atoms with van der Waals surface area (Å²) in [5.41, 5.74) is -2.05. The first kappa shape index (κ1) is 18.4. The summed E-state index contributed by atoms with van der Waals surface area (Å²) in [7, 11) is 1.78. The SMILES string of the molecule is CN1CCCC1COc1cc([N+](=O)[O-])ccc1C(F)(F)C(F)(F)F. The van der Waals surface area contributed by atoms with Crippen molar-refractivity contribution in [1.29, 1.82) is 0 Å². The highest BCUT2D eigenvalue weighted by atomic mass is 19.4. The standard InChI is InChI=1S/C14H15F5N2O3/c1-20-6-2-3-10(20)8-24-12-7-9(21(22)23)4-5-11(12)13(15,16)14(17,18)19/h4-5,7,10H,2-3,6,8H2,1H3. The molecule has 1 saturated heterocycles. The molecule has 5 nitrogen and oxygen atoms in total. The third kappa shape index (κ3) is 3.58. The average molecular weight is 354 g/mol. The number of halogens is 5. The van der Waals surface area contributed by atoms with Gasteiger partial charge in [0.05, 0.1) is 16.6 Å². The molecule has 134 valence electrons. The number of benzene rings is 1. The van der Waals surface area contributed by atoms with Gasteiger partial charge in [-0.3, -0.25) is 10.1 Å². The molecule has 1 heterocycles. The largest absolute Gasteiger partial charge is 0.491 e. The van der Waals surface area contributed by atoms with E-state index in [0.717, 1.165) is 13.0 Å². The number of likely N-dealkylation sites (N-methyl/N-ethyl adjacent to an activating group) is 1. The molecule has 0 aliphatic carbocycles. The molecule has 1 aromatic carbocycles. The fourth-order valence-electron chi connectivity index (χ4n) is 2.53. The van der Waals surface area contributed by atoms with Gasteiger partial charge in [-0.2, -0.15) is 22.0 Å². The zero-order chi connectivity index (χ0) is 18.1. The van der Waals surface area contributed by atoms with Crippen molar-refractivity contribution in [3.63, 3.8) is 0 Å². The van der Waals surface area contributed by atoms with Crippen LogP contribution in [0.25, 0.3) is 0 Å². The van der Waals surface area contributed by atoms with Gasteiger partial charge >= 0.3 is 12.1 Å². The second kappa shape index (κ2) is 6.50. The third-order valence-electron chi connectivity index (χ3n) is 3.97. The van der Waals surface area contributed by atoms with Gasteiger partial charge in [-0.15, -0.1) is 0 Å². The quantitative estimate of drug-likeness (QED) is 0.459. The second-order valence-corrected chi connectivity index (χ2v) is 5.60. The van der Waals surface area contributed by atoms with E-state index >= 15 is 0 Å². The van der Waals surface area contributed by atoms with E-state index in [1.165, 1.54) is 0 Å². The zero-order valence-corrected chi connectivity index (χ0v) is 12.6. The van der Waals surface area contributed by atoms with Gasteiger partial charge in [-0.25, -0.2) is 0 Å². The van der Waals surface area contributed by atoms with Gasteiger partial charge in [0, 0.05) is 12.1 Å². The van der Waals surface area contributed by atoms with Crippen molar-refractivity contribution < 1.29 is 31.6 Å². The van der Waals surface area contributed by atoms with Crippen LogP contribution in [0.5, 0.6) is 5.75 Å². The topological polar surface area (TPSA) is 55.6 Å². The summed E-state index contributed by atoms with van der Waals surface area (Å²) in [6.07, 6.45) is -4.27. The van der Waals surface area contributed by atoms with E-state index in [4.69, 9.17) is 4.74 Å². The maximum Gasteiger partial charge on any atom is 0.458 e. The van der Waals surface area contributed by atoms with Crippen LogP contribution in [0, 0.1) is 10.1 Å². The van der Waals surface area contributed by atoms with Gasteiger partial charge in [0.15, 0.2) is 0 Å². The second-order valence-electron chi connectivity index (χ2n) is 5.60. The predicted molar refractivity (Wildman–Crippen MR) is 74.2 cm³/mol. The summed E-state index contributed by atoms with van der Waals surface area (Å²) in [6.45, 7) is 0.632. The number of nitrogens with zero attached hydrogens (tertiary/aromatic N) is 2. The normalized spacial score (nSPS) is 19.5. The highest BCUT2D eigenvalue weighted by molar-refractivity contribution is 5.47. The lowest BCUT2D eigenvalue weighted by molar-refractivity contribution is -0.385. The van der Waals surface area contributed by atoms with Crippen LogP contribution in [0.3, 0.4) is 0 Å². The Morgan fingerprint density at radius 2 is 2.00 bits per heavy atom. The zero-order valence-electron chi connectivity index (χ0n) is 12.6. The highest BCUT2D eigenvalue weighted by Gasteiger charge is 2.60. The minimum absolute atomic E-state index is 0.126. The van der Waals surface area contributed by atoms with Crippen molar-refractivity contribution in [1.82, 2.24) is 4.90 Å². The van der Waals surface area contributed by atoms with E-state index in [1.54, 1.807) is 7.05 Å². The lowest BCUT2D eigenvalue weighted by Gasteiger charge is -2.24. The summed E-state index contributed by atoms with van der Waals surface area (Å²) in [5.74, 6) is -5.99. The molecule has 2 rings (SSSR count). The maximum absolute atomic E-state index is 13.6. The van der Waals surface area contributed by atoms with Crippen LogP contribution in [-0.2, 0) is 5.92 Å². The minimum atomic E-state index is -5.83. The Labute approximate surface area is 134 Å². The first-order valence-electron chi connectivity index (χ1n) is 7.10. The molecule has 1 aliphatic rings. The van der Waals surface area contributed by atoms with Crippen LogP contribution in [0.15, 0.2) is 18.2 Å². The monoisotopic (exact) mass is 354 g/mol. The fourth-order valence-corrected chi connectivity index (χ4v) is 2.53. The first-order chi connectivity index (χ1) is 11.0. The Morgan fingerprint density at radius 1 is 1.33 bits per heavy atom. The number of alkyl halides is 5. The summed E-state index contributed by atoms with van der Waals surface area (Å²) < 4.78 is 70.3. The number of nitro groups is 1. The highest BCUT2D eigenvalue weighted by Crippen LogP contribution is 2.47. The fraction of sp³-hybridized carbons (Fsp3) is 0.571. The van der Waals surface area contributed by atoms with Crippen molar-refractivity contribution in [2.75, 3.05) is 20.2 Å². The molecule has 0 radical (unpaired) electrons. The number of hydrogen-bond donors (Lipinski definition) is 0. The molecular weight excluding hydrogens is 339 g/mol. The van der Waals surface area contributed by atoms with E-state index in [1.807, 2.05) is 4.90 Å². The molecule has 1 unspecified atom stereocenters. The smallest absolute Gasteiger partial charge is 0.458 e. The van der Waals surface area contributed by atoms with Gasteiger partial charge in [-0.1, -0.05) is 0 Å². The Balaban J connectivity index is 2.34. The Morgan fingerprint density at radius 3 is 2.50 bits per heavy atom. The molecule has 1 aromatic rings. The molecule has 1 aliphatic heterocycles. The molecule has 0 amide bonds. The maximum atomic E-state index is 13.6. The first-order valence-corrected chi connectivity index (χ1v) is 7.10. The molecule has 0 N–H and O–H groups in total. The summed E-state index contributed by atoms with van der Waals surface area (Å²) in [4.78, 5) is 11.8. The van der Waals surface area contributed by atoms with E-state index in [2.05, 4.69) is 0 Å². The van der Waals surface area contributed by atoms with E-state index in [0.29, 0.717) is 24.6 Å². The molecule has 0 saturated carbocycles. The van der Waals surface area contributed by atoms with Gasteiger partial charge < -0.3 is 9.64 Å². The molecule has 0 aromatic heterocycles. The number of non-ortho nitro benzene ring substituents is 1. The summed E-state index contributed by atoms with van der Waals surface area (Å²) in [5, 5.41) is 10.8. The lowest BCUT2D eigenvalue weighted by Crippen LogP contribution is -2.35. The van der Waals surface area contributed by atoms with E-state index in [-0.39, 0.29) is 12.6 Å². The third-order valence-corrected chi connectivity index (χ3v) is 3.97.